The van der Waals surface area contributed by atoms with E-state index in [4.69, 9.17) is 0 Å². The van der Waals surface area contributed by atoms with Crippen LogP contribution in [-0.2, 0) is 6.42 Å². The van der Waals surface area contributed by atoms with Gasteiger partial charge in [0.2, 0.25) is 0 Å². The molecule has 0 saturated carbocycles. The molecule has 2 N–H and O–H groups in total. The van der Waals surface area contributed by atoms with Gasteiger partial charge in [0.25, 0.3) is 5.69 Å². The van der Waals surface area contributed by atoms with Crippen LogP contribution in [0.25, 0.3) is 0 Å². The number of aryl methyl sites for hydroxylation is 1. The summed E-state index contributed by atoms with van der Waals surface area (Å²) in [6.07, 6.45) is 1.21. The molecule has 0 heterocycles. The van der Waals surface area contributed by atoms with Crippen LogP contribution >= 0.6 is 22.6 Å². The zero-order valence-corrected chi connectivity index (χ0v) is 15.6. The van der Waals surface area contributed by atoms with E-state index in [1.54, 1.807) is 12.1 Å². The summed E-state index contributed by atoms with van der Waals surface area (Å²) >= 11 is 2.23. The SMILES string of the molecule is CC(CCc1ccc([N+](=O)[O-])cc1)NCC(O)c1ccccc1I. The Morgan fingerprint density at radius 3 is 2.50 bits per heavy atom. The second kappa shape index (κ2) is 9.10. The number of benzene rings is 2. The maximum Gasteiger partial charge on any atom is 0.269 e. The topological polar surface area (TPSA) is 75.4 Å². The lowest BCUT2D eigenvalue weighted by atomic mass is 10.0. The Balaban J connectivity index is 1.78. The van der Waals surface area contributed by atoms with Crippen LogP contribution in [0.1, 0.15) is 30.6 Å². The van der Waals surface area contributed by atoms with Crippen LogP contribution in [-0.4, -0.2) is 22.6 Å². The first-order chi connectivity index (χ1) is 11.5. The van der Waals surface area contributed by atoms with Crippen LogP contribution in [0.15, 0.2) is 48.5 Å². The molecule has 0 amide bonds. The summed E-state index contributed by atoms with van der Waals surface area (Å²) in [5, 5.41) is 24.3. The molecule has 128 valence electrons. The summed E-state index contributed by atoms with van der Waals surface area (Å²) in [6.45, 7) is 2.58. The maximum atomic E-state index is 10.6. The number of rotatable bonds is 8. The van der Waals surface area contributed by atoms with E-state index in [-0.39, 0.29) is 16.7 Å². The van der Waals surface area contributed by atoms with Crippen molar-refractivity contribution < 1.29 is 10.0 Å². The quantitative estimate of drug-likeness (QED) is 0.372. The van der Waals surface area contributed by atoms with Crippen molar-refractivity contribution in [2.75, 3.05) is 6.54 Å². The largest absolute Gasteiger partial charge is 0.387 e. The number of aliphatic hydroxyl groups excluding tert-OH is 1. The Hall–Kier alpha value is -1.51. The molecule has 0 aliphatic carbocycles. The number of hydrogen-bond donors (Lipinski definition) is 2. The third-order valence-electron chi connectivity index (χ3n) is 3.94. The maximum absolute atomic E-state index is 10.6. The van der Waals surface area contributed by atoms with Crippen molar-refractivity contribution in [3.63, 3.8) is 0 Å². The summed E-state index contributed by atoms with van der Waals surface area (Å²) in [6, 6.07) is 14.7. The molecule has 6 heteroatoms. The van der Waals surface area contributed by atoms with Gasteiger partial charge in [0.15, 0.2) is 0 Å². The van der Waals surface area contributed by atoms with Crippen LogP contribution in [0.4, 0.5) is 5.69 Å². The van der Waals surface area contributed by atoms with E-state index in [9.17, 15) is 15.2 Å². The first-order valence-electron chi connectivity index (χ1n) is 7.86. The average Bonchev–Trinajstić information content (AvgIpc) is 2.58. The van der Waals surface area contributed by atoms with Crippen LogP contribution in [0, 0.1) is 13.7 Å². The fourth-order valence-corrected chi connectivity index (χ4v) is 3.18. The molecule has 0 radical (unpaired) electrons. The molecule has 24 heavy (non-hydrogen) atoms. The number of nitrogens with zero attached hydrogens (tertiary/aromatic N) is 1. The molecular formula is C18H21IN2O3. The zero-order chi connectivity index (χ0) is 17.5. The standard InChI is InChI=1S/C18H21IN2O3/c1-13(6-7-14-8-10-15(11-9-14)21(23)24)20-12-18(22)16-4-2-3-5-17(16)19/h2-5,8-11,13,18,20,22H,6-7,12H2,1H3. The second-order valence-electron chi connectivity index (χ2n) is 5.81. The van der Waals surface area contributed by atoms with Crippen molar-refractivity contribution >= 4 is 28.3 Å². The van der Waals surface area contributed by atoms with Crippen molar-refractivity contribution in [1.82, 2.24) is 5.32 Å². The summed E-state index contributed by atoms with van der Waals surface area (Å²) in [4.78, 5) is 10.3. The first-order valence-corrected chi connectivity index (χ1v) is 8.94. The molecule has 0 spiro atoms. The lowest BCUT2D eigenvalue weighted by Gasteiger charge is -2.18. The van der Waals surface area contributed by atoms with Gasteiger partial charge in [-0.05, 0) is 59.5 Å². The van der Waals surface area contributed by atoms with Crippen molar-refractivity contribution in [2.45, 2.75) is 31.9 Å². The van der Waals surface area contributed by atoms with Crippen LogP contribution < -0.4 is 5.32 Å². The Morgan fingerprint density at radius 1 is 1.21 bits per heavy atom. The van der Waals surface area contributed by atoms with Crippen molar-refractivity contribution in [3.8, 4) is 0 Å². The number of non-ortho nitro benzene ring substituents is 1. The third kappa shape index (κ3) is 5.54. The van der Waals surface area contributed by atoms with E-state index in [1.807, 2.05) is 24.3 Å². The van der Waals surface area contributed by atoms with E-state index < -0.39 is 6.10 Å². The molecule has 5 nitrogen and oxygen atoms in total. The molecule has 0 aliphatic heterocycles. The number of nitro groups is 1. The monoisotopic (exact) mass is 440 g/mol. The normalized spacial score (nSPS) is 13.5. The molecule has 2 unspecified atom stereocenters. The highest BCUT2D eigenvalue weighted by Crippen LogP contribution is 2.19. The molecular weight excluding hydrogens is 419 g/mol. The van der Waals surface area contributed by atoms with Gasteiger partial charge in [0.05, 0.1) is 11.0 Å². The molecule has 0 saturated heterocycles. The molecule has 2 atom stereocenters. The predicted octanol–water partition coefficient (Wildman–Crippen LogP) is 3.84. The van der Waals surface area contributed by atoms with Crippen LogP contribution in [0.2, 0.25) is 0 Å². The minimum absolute atomic E-state index is 0.116. The minimum Gasteiger partial charge on any atom is -0.387 e. The number of nitro benzene ring substituents is 1. The number of halogens is 1. The lowest BCUT2D eigenvalue weighted by Crippen LogP contribution is -2.31. The van der Waals surface area contributed by atoms with E-state index in [0.29, 0.717) is 6.54 Å². The van der Waals surface area contributed by atoms with E-state index >= 15 is 0 Å². The van der Waals surface area contributed by atoms with Gasteiger partial charge in [-0.2, -0.15) is 0 Å². The Morgan fingerprint density at radius 2 is 1.88 bits per heavy atom. The first kappa shape index (κ1) is 18.8. The minimum atomic E-state index is -0.528. The van der Waals surface area contributed by atoms with Crippen LogP contribution in [0.3, 0.4) is 0 Å². The summed E-state index contributed by atoms with van der Waals surface area (Å²) in [7, 11) is 0. The van der Waals surface area contributed by atoms with Gasteiger partial charge < -0.3 is 10.4 Å². The number of aliphatic hydroxyl groups is 1. The molecule has 0 aliphatic rings. The zero-order valence-electron chi connectivity index (χ0n) is 13.5. The highest BCUT2D eigenvalue weighted by Gasteiger charge is 2.12. The van der Waals surface area contributed by atoms with Gasteiger partial charge in [-0.3, -0.25) is 10.1 Å². The van der Waals surface area contributed by atoms with Gasteiger partial charge in [-0.1, -0.05) is 30.3 Å². The van der Waals surface area contributed by atoms with Gasteiger partial charge in [-0.15, -0.1) is 0 Å². The van der Waals surface area contributed by atoms with Gasteiger partial charge in [-0.25, -0.2) is 0 Å². The third-order valence-corrected chi connectivity index (χ3v) is 4.92. The molecule has 0 aromatic heterocycles. The molecule has 0 fully saturated rings. The van der Waals surface area contributed by atoms with Gasteiger partial charge in [0.1, 0.15) is 0 Å². The van der Waals surface area contributed by atoms with Crippen LogP contribution in [0.5, 0.6) is 0 Å². The van der Waals surface area contributed by atoms with E-state index in [0.717, 1.165) is 27.5 Å². The fraction of sp³-hybridized carbons (Fsp3) is 0.333. The van der Waals surface area contributed by atoms with Crippen molar-refractivity contribution in [1.29, 1.82) is 0 Å². The number of hydrogen-bond acceptors (Lipinski definition) is 4. The predicted molar refractivity (Wildman–Crippen MR) is 103 cm³/mol. The Kier molecular flexibility index (Phi) is 7.14. The Bertz CT molecular complexity index is 676. The highest BCUT2D eigenvalue weighted by atomic mass is 127. The van der Waals surface area contributed by atoms with Crippen molar-refractivity contribution in [2.24, 2.45) is 0 Å². The molecule has 0 bridgehead atoms. The molecule has 2 aromatic rings. The van der Waals surface area contributed by atoms with E-state index in [1.165, 1.54) is 12.1 Å². The summed E-state index contributed by atoms with van der Waals surface area (Å²) in [5.74, 6) is 0. The average molecular weight is 440 g/mol. The summed E-state index contributed by atoms with van der Waals surface area (Å²) < 4.78 is 1.06. The smallest absolute Gasteiger partial charge is 0.269 e. The second-order valence-corrected chi connectivity index (χ2v) is 6.97. The highest BCUT2D eigenvalue weighted by molar-refractivity contribution is 14.1. The summed E-state index contributed by atoms with van der Waals surface area (Å²) in [5.41, 5.74) is 2.13. The van der Waals surface area contributed by atoms with E-state index in [2.05, 4.69) is 34.8 Å². The number of nitrogens with one attached hydrogen (secondary N) is 1. The fourth-order valence-electron chi connectivity index (χ4n) is 2.44. The Labute approximate surface area is 155 Å². The van der Waals surface area contributed by atoms with Gasteiger partial charge in [0, 0.05) is 28.3 Å². The van der Waals surface area contributed by atoms with Gasteiger partial charge >= 0.3 is 0 Å². The molecule has 2 rings (SSSR count). The molecule has 2 aromatic carbocycles. The van der Waals surface area contributed by atoms with Crippen molar-refractivity contribution in [3.05, 3.63) is 73.3 Å². The lowest BCUT2D eigenvalue weighted by molar-refractivity contribution is -0.384.